The lowest BCUT2D eigenvalue weighted by molar-refractivity contribution is -0.0994. The lowest BCUT2D eigenvalue weighted by atomic mass is 9.64. The van der Waals surface area contributed by atoms with Crippen LogP contribution in [0.25, 0.3) is 0 Å². The maximum absolute atomic E-state index is 10.0. The smallest absolute Gasteiger partial charge is 0.0791 e. The Hall–Kier alpha value is -0.160. The molecular formula is C14H28N2O2. The molecule has 1 heterocycles. The fourth-order valence-electron chi connectivity index (χ4n) is 3.24. The molecule has 0 aromatic heterocycles. The second-order valence-corrected chi connectivity index (χ2v) is 6.40. The highest BCUT2D eigenvalue weighted by atomic mass is 16.5. The number of likely N-dealkylation sites (tertiary alicyclic amines) is 1. The van der Waals surface area contributed by atoms with Crippen LogP contribution in [0.4, 0.5) is 0 Å². The van der Waals surface area contributed by atoms with Gasteiger partial charge >= 0.3 is 0 Å². The number of hydrogen-bond donors (Lipinski definition) is 2. The molecule has 0 radical (unpaired) electrons. The predicted molar refractivity (Wildman–Crippen MR) is 72.7 cm³/mol. The SMILES string of the molecule is COC1CC(NCC(O)CN2CCCC2)C1(C)C. The maximum Gasteiger partial charge on any atom is 0.0791 e. The predicted octanol–water partition coefficient (Wildman–Crippen LogP) is 0.846. The Morgan fingerprint density at radius 1 is 1.39 bits per heavy atom. The number of ether oxygens (including phenoxy) is 1. The van der Waals surface area contributed by atoms with Crippen molar-refractivity contribution >= 4 is 0 Å². The van der Waals surface area contributed by atoms with E-state index in [0.717, 1.165) is 26.1 Å². The standard InChI is InChI=1S/C14H28N2O2/c1-14(2)12(8-13(14)18-3)15-9-11(17)10-16-6-4-5-7-16/h11-13,15,17H,4-10H2,1-3H3. The second-order valence-electron chi connectivity index (χ2n) is 6.40. The zero-order valence-corrected chi connectivity index (χ0v) is 12.0. The van der Waals surface area contributed by atoms with E-state index in [9.17, 15) is 5.11 Å². The summed E-state index contributed by atoms with van der Waals surface area (Å²) in [6.07, 6.45) is 3.72. The average molecular weight is 256 g/mol. The number of rotatable bonds is 6. The number of β-amino-alcohol motifs (C(OH)–C–C–N with tert-alkyl or cyclic N) is 1. The highest BCUT2D eigenvalue weighted by Gasteiger charge is 2.48. The lowest BCUT2D eigenvalue weighted by Crippen LogP contribution is -2.61. The topological polar surface area (TPSA) is 44.7 Å². The van der Waals surface area contributed by atoms with Gasteiger partial charge in [0.1, 0.15) is 0 Å². The van der Waals surface area contributed by atoms with Gasteiger partial charge < -0.3 is 20.1 Å². The van der Waals surface area contributed by atoms with Crippen molar-refractivity contribution in [1.82, 2.24) is 10.2 Å². The molecule has 3 atom stereocenters. The van der Waals surface area contributed by atoms with Crippen molar-refractivity contribution in [3.05, 3.63) is 0 Å². The quantitative estimate of drug-likeness (QED) is 0.739. The van der Waals surface area contributed by atoms with Gasteiger partial charge in [0.15, 0.2) is 0 Å². The van der Waals surface area contributed by atoms with Crippen LogP contribution in [0.3, 0.4) is 0 Å². The number of aliphatic hydroxyl groups excluding tert-OH is 1. The number of nitrogens with zero attached hydrogens (tertiary/aromatic N) is 1. The first kappa shape index (κ1) is 14.3. The molecule has 1 saturated carbocycles. The van der Waals surface area contributed by atoms with Crippen LogP contribution in [0.15, 0.2) is 0 Å². The van der Waals surface area contributed by atoms with Gasteiger partial charge in [0.05, 0.1) is 12.2 Å². The largest absolute Gasteiger partial charge is 0.390 e. The van der Waals surface area contributed by atoms with Gasteiger partial charge in [-0.25, -0.2) is 0 Å². The number of nitrogens with one attached hydrogen (secondary N) is 1. The molecule has 2 rings (SSSR count). The van der Waals surface area contributed by atoms with Gasteiger partial charge in [0.25, 0.3) is 0 Å². The highest BCUT2D eigenvalue weighted by molar-refractivity contribution is 5.02. The summed E-state index contributed by atoms with van der Waals surface area (Å²) >= 11 is 0. The maximum atomic E-state index is 10.0. The third-order valence-corrected chi connectivity index (χ3v) is 4.73. The molecule has 2 aliphatic rings. The van der Waals surface area contributed by atoms with Gasteiger partial charge in [0, 0.05) is 31.7 Å². The van der Waals surface area contributed by atoms with Crippen LogP contribution >= 0.6 is 0 Å². The molecule has 2 N–H and O–H groups in total. The third-order valence-electron chi connectivity index (χ3n) is 4.73. The van der Waals surface area contributed by atoms with Crippen molar-refractivity contribution < 1.29 is 9.84 Å². The molecule has 4 heteroatoms. The van der Waals surface area contributed by atoms with Crippen LogP contribution < -0.4 is 5.32 Å². The van der Waals surface area contributed by atoms with Crippen molar-refractivity contribution in [2.75, 3.05) is 33.3 Å². The van der Waals surface area contributed by atoms with Gasteiger partial charge in [-0.1, -0.05) is 13.8 Å². The zero-order valence-electron chi connectivity index (χ0n) is 12.0. The van der Waals surface area contributed by atoms with Crippen LogP contribution in [-0.2, 0) is 4.74 Å². The van der Waals surface area contributed by atoms with E-state index in [1.807, 2.05) is 0 Å². The zero-order chi connectivity index (χ0) is 13.2. The van der Waals surface area contributed by atoms with Crippen LogP contribution in [0.2, 0.25) is 0 Å². The van der Waals surface area contributed by atoms with E-state index in [-0.39, 0.29) is 11.5 Å². The van der Waals surface area contributed by atoms with E-state index in [1.54, 1.807) is 7.11 Å². The third kappa shape index (κ3) is 3.05. The summed E-state index contributed by atoms with van der Waals surface area (Å²) in [6, 6.07) is 0.468. The summed E-state index contributed by atoms with van der Waals surface area (Å²) in [5.41, 5.74) is 0.183. The molecule has 0 spiro atoms. The molecule has 1 saturated heterocycles. The van der Waals surface area contributed by atoms with Crippen molar-refractivity contribution in [3.63, 3.8) is 0 Å². The molecule has 4 nitrogen and oxygen atoms in total. The summed E-state index contributed by atoms with van der Waals surface area (Å²) in [6.45, 7) is 8.27. The molecule has 0 bridgehead atoms. The van der Waals surface area contributed by atoms with E-state index in [0.29, 0.717) is 18.7 Å². The Balaban J connectivity index is 1.65. The molecule has 0 amide bonds. The summed E-state index contributed by atoms with van der Waals surface area (Å²) in [5.74, 6) is 0. The van der Waals surface area contributed by atoms with Crippen LogP contribution in [0.1, 0.15) is 33.1 Å². The van der Waals surface area contributed by atoms with Crippen molar-refractivity contribution in [1.29, 1.82) is 0 Å². The molecule has 106 valence electrons. The molecular weight excluding hydrogens is 228 g/mol. The van der Waals surface area contributed by atoms with E-state index in [4.69, 9.17) is 4.74 Å². The first-order valence-electron chi connectivity index (χ1n) is 7.20. The molecule has 1 aliphatic carbocycles. The van der Waals surface area contributed by atoms with Crippen molar-refractivity contribution in [3.8, 4) is 0 Å². The highest BCUT2D eigenvalue weighted by Crippen LogP contribution is 2.42. The van der Waals surface area contributed by atoms with E-state index >= 15 is 0 Å². The average Bonchev–Trinajstić information content (AvgIpc) is 2.80. The number of hydrogen-bond acceptors (Lipinski definition) is 4. The number of aliphatic hydroxyl groups is 1. The fourth-order valence-corrected chi connectivity index (χ4v) is 3.24. The summed E-state index contributed by atoms with van der Waals surface area (Å²) in [4.78, 5) is 2.36. The first-order chi connectivity index (χ1) is 8.54. The molecule has 3 unspecified atom stereocenters. The van der Waals surface area contributed by atoms with E-state index < -0.39 is 0 Å². The Morgan fingerprint density at radius 2 is 2.06 bits per heavy atom. The summed E-state index contributed by atoms with van der Waals surface area (Å²) in [7, 11) is 1.78. The minimum Gasteiger partial charge on any atom is -0.390 e. The fraction of sp³-hybridized carbons (Fsp3) is 1.00. The summed E-state index contributed by atoms with van der Waals surface area (Å²) in [5, 5.41) is 13.5. The Bertz CT molecular complexity index is 265. The van der Waals surface area contributed by atoms with Gasteiger partial charge in [0.2, 0.25) is 0 Å². The lowest BCUT2D eigenvalue weighted by Gasteiger charge is -2.51. The molecule has 0 aromatic carbocycles. The normalized spacial score (nSPS) is 33.3. The van der Waals surface area contributed by atoms with Crippen molar-refractivity contribution in [2.24, 2.45) is 5.41 Å². The molecule has 18 heavy (non-hydrogen) atoms. The Labute approximate surface area is 111 Å². The Morgan fingerprint density at radius 3 is 2.61 bits per heavy atom. The van der Waals surface area contributed by atoms with Gasteiger partial charge in [-0.2, -0.15) is 0 Å². The number of methoxy groups -OCH3 is 1. The molecule has 1 aliphatic heterocycles. The van der Waals surface area contributed by atoms with Gasteiger partial charge in [-0.05, 0) is 32.4 Å². The molecule has 2 fully saturated rings. The van der Waals surface area contributed by atoms with Crippen LogP contribution in [0.5, 0.6) is 0 Å². The minimum absolute atomic E-state index is 0.183. The van der Waals surface area contributed by atoms with Gasteiger partial charge in [-0.3, -0.25) is 0 Å². The van der Waals surface area contributed by atoms with Crippen LogP contribution in [0, 0.1) is 5.41 Å². The van der Waals surface area contributed by atoms with Crippen molar-refractivity contribution in [2.45, 2.75) is 51.4 Å². The summed E-state index contributed by atoms with van der Waals surface area (Å²) < 4.78 is 5.44. The van der Waals surface area contributed by atoms with Gasteiger partial charge in [-0.15, -0.1) is 0 Å². The van der Waals surface area contributed by atoms with E-state index in [1.165, 1.54) is 12.8 Å². The molecule has 0 aromatic rings. The Kier molecular flexibility index (Phi) is 4.64. The van der Waals surface area contributed by atoms with E-state index in [2.05, 4.69) is 24.1 Å². The second kappa shape index (κ2) is 5.87. The van der Waals surface area contributed by atoms with Crippen LogP contribution in [-0.4, -0.2) is 61.5 Å². The first-order valence-corrected chi connectivity index (χ1v) is 7.20. The minimum atomic E-state index is -0.250. The monoisotopic (exact) mass is 256 g/mol.